The smallest absolute Gasteiger partial charge is 0.120 e. The molecule has 2 aromatic carbocycles. The van der Waals surface area contributed by atoms with E-state index in [1.807, 2.05) is 7.05 Å². The Kier molecular flexibility index (Phi) is 4.45. The molecule has 112 valence electrons. The molecule has 2 heteroatoms. The zero-order chi connectivity index (χ0) is 14.7. The highest BCUT2D eigenvalue weighted by Gasteiger charge is 2.30. The third-order valence-electron chi connectivity index (χ3n) is 4.86. The van der Waals surface area contributed by atoms with E-state index < -0.39 is 0 Å². The maximum absolute atomic E-state index is 6.34. The number of likely N-dealkylation sites (N-methyl/N-ethyl adjacent to an activating group) is 1. The Morgan fingerprint density at radius 2 is 1.90 bits per heavy atom. The molecular weight excluding hydrogens is 258 g/mol. The van der Waals surface area contributed by atoms with Crippen molar-refractivity contribution in [3.63, 3.8) is 0 Å². The number of fused-ring (bicyclic) bond motifs is 1. The fourth-order valence-corrected chi connectivity index (χ4v) is 3.46. The highest BCUT2D eigenvalue weighted by Crippen LogP contribution is 2.31. The molecule has 0 spiro atoms. The molecule has 1 fully saturated rings. The Balaban J connectivity index is 1.78. The van der Waals surface area contributed by atoms with E-state index in [1.165, 1.54) is 30.0 Å². The second-order valence-electron chi connectivity index (χ2n) is 6.15. The van der Waals surface area contributed by atoms with Crippen molar-refractivity contribution < 1.29 is 4.74 Å². The monoisotopic (exact) mass is 283 g/mol. The largest absolute Gasteiger partial charge is 0.489 e. The maximum Gasteiger partial charge on any atom is 0.120 e. The van der Waals surface area contributed by atoms with Gasteiger partial charge < -0.3 is 10.1 Å². The average Bonchev–Trinajstić information content (AvgIpc) is 2.54. The van der Waals surface area contributed by atoms with E-state index in [0.717, 1.165) is 18.1 Å². The molecule has 1 saturated carbocycles. The Morgan fingerprint density at radius 3 is 2.67 bits per heavy atom. The van der Waals surface area contributed by atoms with Gasteiger partial charge in [0, 0.05) is 6.04 Å². The van der Waals surface area contributed by atoms with Crippen molar-refractivity contribution in [2.24, 2.45) is 5.92 Å². The van der Waals surface area contributed by atoms with Gasteiger partial charge in [-0.2, -0.15) is 0 Å². The molecule has 2 nitrogen and oxygen atoms in total. The number of nitrogens with one attached hydrogen (secondary N) is 1. The molecule has 0 aromatic heterocycles. The topological polar surface area (TPSA) is 21.3 Å². The molecule has 3 rings (SSSR count). The fraction of sp³-hybridized carbons (Fsp3) is 0.474. The zero-order valence-electron chi connectivity index (χ0n) is 13.0. The SMILES string of the molecule is CCC1CCC(NC)C(Oc2ccc3ccccc3c2)C1. The van der Waals surface area contributed by atoms with Crippen LogP contribution in [0.3, 0.4) is 0 Å². The van der Waals surface area contributed by atoms with Crippen molar-refractivity contribution in [2.75, 3.05) is 7.05 Å². The van der Waals surface area contributed by atoms with Gasteiger partial charge in [0.2, 0.25) is 0 Å². The van der Waals surface area contributed by atoms with Crippen LogP contribution in [0.25, 0.3) is 10.8 Å². The third kappa shape index (κ3) is 3.21. The minimum Gasteiger partial charge on any atom is -0.489 e. The molecule has 2 aromatic rings. The quantitative estimate of drug-likeness (QED) is 0.898. The molecule has 0 amide bonds. The summed E-state index contributed by atoms with van der Waals surface area (Å²) < 4.78 is 6.34. The molecule has 1 N–H and O–H groups in total. The van der Waals surface area contributed by atoms with Crippen LogP contribution >= 0.6 is 0 Å². The van der Waals surface area contributed by atoms with Gasteiger partial charge in [-0.1, -0.05) is 43.7 Å². The van der Waals surface area contributed by atoms with Gasteiger partial charge in [-0.25, -0.2) is 0 Å². The van der Waals surface area contributed by atoms with Gasteiger partial charge in [-0.15, -0.1) is 0 Å². The van der Waals surface area contributed by atoms with E-state index in [4.69, 9.17) is 4.74 Å². The zero-order valence-corrected chi connectivity index (χ0v) is 13.0. The van der Waals surface area contributed by atoms with Crippen molar-refractivity contribution in [3.05, 3.63) is 42.5 Å². The molecule has 0 heterocycles. The van der Waals surface area contributed by atoms with Crippen LogP contribution in [0.2, 0.25) is 0 Å². The van der Waals surface area contributed by atoms with E-state index in [-0.39, 0.29) is 6.10 Å². The minimum absolute atomic E-state index is 0.287. The predicted molar refractivity (Wildman–Crippen MR) is 88.8 cm³/mol. The molecule has 1 aliphatic carbocycles. The number of hydrogen-bond acceptors (Lipinski definition) is 2. The molecular formula is C19H25NO. The van der Waals surface area contributed by atoms with Crippen LogP contribution in [0.15, 0.2) is 42.5 Å². The molecule has 21 heavy (non-hydrogen) atoms. The van der Waals surface area contributed by atoms with Gasteiger partial charge in [-0.3, -0.25) is 0 Å². The van der Waals surface area contributed by atoms with Crippen molar-refractivity contribution in [3.8, 4) is 5.75 Å². The normalized spacial score (nSPS) is 25.9. The summed E-state index contributed by atoms with van der Waals surface area (Å²) in [7, 11) is 2.05. The summed E-state index contributed by atoms with van der Waals surface area (Å²) in [6.45, 7) is 2.29. The third-order valence-corrected chi connectivity index (χ3v) is 4.86. The number of ether oxygens (including phenoxy) is 1. The molecule has 0 bridgehead atoms. The summed E-state index contributed by atoms with van der Waals surface area (Å²) >= 11 is 0. The van der Waals surface area contributed by atoms with Crippen LogP contribution in [0.1, 0.15) is 32.6 Å². The lowest BCUT2D eigenvalue weighted by Crippen LogP contribution is -2.45. The fourth-order valence-electron chi connectivity index (χ4n) is 3.46. The lowest BCUT2D eigenvalue weighted by Gasteiger charge is -2.35. The number of benzene rings is 2. The van der Waals surface area contributed by atoms with E-state index in [2.05, 4.69) is 54.7 Å². The van der Waals surface area contributed by atoms with Gasteiger partial charge in [0.1, 0.15) is 11.9 Å². The van der Waals surface area contributed by atoms with E-state index in [9.17, 15) is 0 Å². The second-order valence-corrected chi connectivity index (χ2v) is 6.15. The van der Waals surface area contributed by atoms with Crippen molar-refractivity contribution >= 4 is 10.8 Å². The van der Waals surface area contributed by atoms with Crippen LogP contribution in [0, 0.1) is 5.92 Å². The molecule has 3 atom stereocenters. The van der Waals surface area contributed by atoms with Gasteiger partial charge >= 0.3 is 0 Å². The van der Waals surface area contributed by atoms with Crippen LogP contribution < -0.4 is 10.1 Å². The lowest BCUT2D eigenvalue weighted by atomic mass is 9.82. The molecule has 1 aliphatic rings. The van der Waals surface area contributed by atoms with Gasteiger partial charge in [0.15, 0.2) is 0 Å². The summed E-state index contributed by atoms with van der Waals surface area (Å²) in [5.41, 5.74) is 0. The first-order valence-electron chi connectivity index (χ1n) is 8.13. The van der Waals surface area contributed by atoms with E-state index >= 15 is 0 Å². The lowest BCUT2D eigenvalue weighted by molar-refractivity contribution is 0.0884. The Hall–Kier alpha value is -1.54. The highest BCUT2D eigenvalue weighted by atomic mass is 16.5. The molecule has 0 radical (unpaired) electrons. The first-order chi connectivity index (χ1) is 10.3. The number of hydrogen-bond donors (Lipinski definition) is 1. The van der Waals surface area contributed by atoms with Gasteiger partial charge in [0.05, 0.1) is 0 Å². The van der Waals surface area contributed by atoms with E-state index in [1.54, 1.807) is 0 Å². The van der Waals surface area contributed by atoms with Crippen molar-refractivity contribution in [1.82, 2.24) is 5.32 Å². The summed E-state index contributed by atoms with van der Waals surface area (Å²) in [5.74, 6) is 1.80. The van der Waals surface area contributed by atoms with Crippen LogP contribution in [0.5, 0.6) is 5.75 Å². The van der Waals surface area contributed by atoms with Crippen molar-refractivity contribution in [2.45, 2.75) is 44.8 Å². The maximum atomic E-state index is 6.34. The van der Waals surface area contributed by atoms with Crippen LogP contribution in [-0.4, -0.2) is 19.2 Å². The van der Waals surface area contributed by atoms with Crippen molar-refractivity contribution in [1.29, 1.82) is 0 Å². The molecule has 0 saturated heterocycles. The first kappa shape index (κ1) is 14.4. The predicted octanol–water partition coefficient (Wildman–Crippen LogP) is 4.39. The van der Waals surface area contributed by atoms with Crippen LogP contribution in [0.4, 0.5) is 0 Å². The Morgan fingerprint density at radius 1 is 1.10 bits per heavy atom. The Labute approximate surface area is 127 Å². The summed E-state index contributed by atoms with van der Waals surface area (Å²) in [5, 5.41) is 5.95. The second kappa shape index (κ2) is 6.48. The first-order valence-corrected chi connectivity index (χ1v) is 8.13. The van der Waals surface area contributed by atoms with Crippen LogP contribution in [-0.2, 0) is 0 Å². The highest BCUT2D eigenvalue weighted by molar-refractivity contribution is 5.83. The standard InChI is InChI=1S/C19H25NO/c1-3-14-8-11-18(20-2)19(12-14)21-17-10-9-15-6-4-5-7-16(15)13-17/h4-7,9-10,13-14,18-20H,3,8,11-12H2,1-2H3. The summed E-state index contributed by atoms with van der Waals surface area (Å²) in [4.78, 5) is 0. The van der Waals surface area contributed by atoms with Gasteiger partial charge in [0.25, 0.3) is 0 Å². The van der Waals surface area contributed by atoms with Gasteiger partial charge in [-0.05, 0) is 55.1 Å². The summed E-state index contributed by atoms with van der Waals surface area (Å²) in [6, 6.07) is 15.3. The number of rotatable bonds is 4. The minimum atomic E-state index is 0.287. The average molecular weight is 283 g/mol. The molecule has 3 unspecified atom stereocenters. The molecule has 0 aliphatic heterocycles. The summed E-state index contributed by atoms with van der Waals surface area (Å²) in [6.07, 6.45) is 5.24. The van der Waals surface area contributed by atoms with E-state index in [0.29, 0.717) is 6.04 Å². The Bertz CT molecular complexity index is 595.